The van der Waals surface area contributed by atoms with Crippen molar-refractivity contribution in [2.45, 2.75) is 32.1 Å². The molecule has 2 nitrogen and oxygen atoms in total. The number of rotatable bonds is 3. The number of amides is 1. The molecule has 0 aliphatic heterocycles. The van der Waals surface area contributed by atoms with Gasteiger partial charge in [0, 0.05) is 11.4 Å². The highest BCUT2D eigenvalue weighted by molar-refractivity contribution is 6.30. The molecule has 2 bridgehead atoms. The van der Waals surface area contributed by atoms with Gasteiger partial charge in [0.05, 0.1) is 5.69 Å². The first-order valence-corrected chi connectivity index (χ1v) is 7.24. The summed E-state index contributed by atoms with van der Waals surface area (Å²) in [5.74, 6) is 1.47. The number of anilines is 1. The highest BCUT2D eigenvalue weighted by Crippen LogP contribution is 2.49. The van der Waals surface area contributed by atoms with E-state index < -0.39 is 5.82 Å². The summed E-state index contributed by atoms with van der Waals surface area (Å²) >= 11 is 5.68. The van der Waals surface area contributed by atoms with Crippen LogP contribution in [-0.4, -0.2) is 5.91 Å². The van der Waals surface area contributed by atoms with Crippen LogP contribution in [0.5, 0.6) is 0 Å². The van der Waals surface area contributed by atoms with Gasteiger partial charge in [-0.05, 0) is 55.2 Å². The second-order valence-electron chi connectivity index (χ2n) is 5.81. The molecule has 1 N–H and O–H groups in total. The quantitative estimate of drug-likeness (QED) is 0.882. The zero-order valence-corrected chi connectivity index (χ0v) is 11.4. The van der Waals surface area contributed by atoms with Crippen LogP contribution >= 0.6 is 11.6 Å². The highest BCUT2D eigenvalue weighted by atomic mass is 35.5. The first-order chi connectivity index (χ1) is 9.11. The Hall–Kier alpha value is -1.09. The van der Waals surface area contributed by atoms with Crippen LogP contribution in [0.1, 0.15) is 32.1 Å². The van der Waals surface area contributed by atoms with E-state index in [1.54, 1.807) is 6.07 Å². The van der Waals surface area contributed by atoms with Crippen molar-refractivity contribution in [2.24, 2.45) is 17.8 Å². The second-order valence-corrected chi connectivity index (χ2v) is 6.25. The molecule has 3 unspecified atom stereocenters. The predicted octanol–water partition coefficient (Wildman–Crippen LogP) is 4.24. The van der Waals surface area contributed by atoms with Gasteiger partial charge in [-0.25, -0.2) is 4.39 Å². The molecule has 0 radical (unpaired) electrons. The molecule has 2 aliphatic rings. The number of hydrogen-bond donors (Lipinski definition) is 1. The fourth-order valence-electron chi connectivity index (χ4n) is 3.66. The predicted molar refractivity (Wildman–Crippen MR) is 73.6 cm³/mol. The average molecular weight is 282 g/mol. The maximum absolute atomic E-state index is 13.6. The Labute approximate surface area is 117 Å². The molecule has 4 heteroatoms. The monoisotopic (exact) mass is 281 g/mol. The molecule has 0 aromatic heterocycles. The molecule has 102 valence electrons. The number of halogens is 2. The van der Waals surface area contributed by atoms with Gasteiger partial charge in [0.2, 0.25) is 5.91 Å². The molecule has 1 aromatic rings. The van der Waals surface area contributed by atoms with Gasteiger partial charge < -0.3 is 5.32 Å². The van der Waals surface area contributed by atoms with E-state index in [1.807, 2.05) is 0 Å². The zero-order chi connectivity index (χ0) is 13.4. The molecule has 0 spiro atoms. The van der Waals surface area contributed by atoms with Crippen molar-refractivity contribution in [1.82, 2.24) is 0 Å². The van der Waals surface area contributed by atoms with Crippen molar-refractivity contribution in [3.63, 3.8) is 0 Å². The van der Waals surface area contributed by atoms with Gasteiger partial charge in [-0.1, -0.05) is 18.0 Å². The Bertz CT molecular complexity index is 505. The van der Waals surface area contributed by atoms with Crippen LogP contribution in [0.25, 0.3) is 0 Å². The van der Waals surface area contributed by atoms with Crippen molar-refractivity contribution in [1.29, 1.82) is 0 Å². The van der Waals surface area contributed by atoms with Crippen molar-refractivity contribution in [3.05, 3.63) is 29.0 Å². The fraction of sp³-hybridized carbons (Fsp3) is 0.533. The van der Waals surface area contributed by atoms with Gasteiger partial charge in [0.15, 0.2) is 0 Å². The summed E-state index contributed by atoms with van der Waals surface area (Å²) in [6.07, 6.45) is 5.56. The van der Waals surface area contributed by atoms with Crippen molar-refractivity contribution in [2.75, 3.05) is 5.32 Å². The maximum Gasteiger partial charge on any atom is 0.224 e. The third-order valence-electron chi connectivity index (χ3n) is 4.54. The van der Waals surface area contributed by atoms with Gasteiger partial charge in [0.25, 0.3) is 0 Å². The standard InChI is InChI=1S/C15H17ClFNO/c16-12-3-4-14(13(17)8-12)18-15(19)7-11-6-9-1-2-10(11)5-9/h3-4,8-11H,1-2,5-7H2,(H,18,19). The minimum absolute atomic E-state index is 0.0845. The normalized spacial score (nSPS) is 28.6. The Balaban J connectivity index is 1.59. The van der Waals surface area contributed by atoms with Crippen molar-refractivity contribution in [3.8, 4) is 0 Å². The number of fused-ring (bicyclic) bond motifs is 2. The van der Waals surface area contributed by atoms with E-state index >= 15 is 0 Å². The zero-order valence-electron chi connectivity index (χ0n) is 10.7. The topological polar surface area (TPSA) is 29.1 Å². The van der Waals surface area contributed by atoms with E-state index in [0.717, 1.165) is 5.92 Å². The average Bonchev–Trinajstić information content (AvgIpc) is 2.95. The molecule has 2 saturated carbocycles. The van der Waals surface area contributed by atoms with Gasteiger partial charge in [0.1, 0.15) is 5.82 Å². The molecular formula is C15H17ClFNO. The van der Waals surface area contributed by atoms with Crippen LogP contribution in [0, 0.1) is 23.6 Å². The molecule has 2 aliphatic carbocycles. The Morgan fingerprint density at radius 1 is 1.37 bits per heavy atom. The summed E-state index contributed by atoms with van der Waals surface area (Å²) < 4.78 is 13.6. The van der Waals surface area contributed by atoms with Gasteiger partial charge in [-0.2, -0.15) is 0 Å². The smallest absolute Gasteiger partial charge is 0.224 e. The molecule has 0 saturated heterocycles. The third-order valence-corrected chi connectivity index (χ3v) is 4.77. The SMILES string of the molecule is O=C(CC1CC2CCC1C2)Nc1ccc(Cl)cc1F. The molecule has 3 atom stereocenters. The Morgan fingerprint density at radius 2 is 2.21 bits per heavy atom. The Morgan fingerprint density at radius 3 is 2.84 bits per heavy atom. The molecular weight excluding hydrogens is 265 g/mol. The fourth-order valence-corrected chi connectivity index (χ4v) is 3.82. The van der Waals surface area contributed by atoms with Gasteiger partial charge in [-0.3, -0.25) is 4.79 Å². The summed E-state index contributed by atoms with van der Waals surface area (Å²) in [6.45, 7) is 0. The molecule has 0 heterocycles. The van der Waals surface area contributed by atoms with Crippen LogP contribution in [0.3, 0.4) is 0 Å². The van der Waals surface area contributed by atoms with E-state index in [0.29, 0.717) is 23.3 Å². The molecule has 1 aromatic carbocycles. The largest absolute Gasteiger partial charge is 0.324 e. The van der Waals surface area contributed by atoms with Crippen molar-refractivity contribution < 1.29 is 9.18 Å². The van der Waals surface area contributed by atoms with Gasteiger partial charge >= 0.3 is 0 Å². The lowest BCUT2D eigenvalue weighted by Crippen LogP contribution is -2.20. The lowest BCUT2D eigenvalue weighted by atomic mass is 9.86. The van der Waals surface area contributed by atoms with Crippen LogP contribution in [0.15, 0.2) is 18.2 Å². The van der Waals surface area contributed by atoms with E-state index in [2.05, 4.69) is 5.32 Å². The molecule has 3 rings (SSSR count). The summed E-state index contributed by atoms with van der Waals surface area (Å²) in [5.41, 5.74) is 0.220. The van der Waals surface area contributed by atoms with E-state index in [1.165, 1.54) is 37.8 Å². The molecule has 19 heavy (non-hydrogen) atoms. The minimum atomic E-state index is -0.478. The van der Waals surface area contributed by atoms with Crippen molar-refractivity contribution >= 4 is 23.2 Å². The third kappa shape index (κ3) is 2.76. The number of hydrogen-bond acceptors (Lipinski definition) is 1. The summed E-state index contributed by atoms with van der Waals surface area (Å²) in [7, 11) is 0. The first kappa shape index (κ1) is 12.9. The summed E-state index contributed by atoms with van der Waals surface area (Å²) in [6, 6.07) is 4.31. The van der Waals surface area contributed by atoms with E-state index in [-0.39, 0.29) is 11.6 Å². The van der Waals surface area contributed by atoms with Crippen LogP contribution in [0.4, 0.5) is 10.1 Å². The number of nitrogens with one attached hydrogen (secondary N) is 1. The first-order valence-electron chi connectivity index (χ1n) is 6.86. The minimum Gasteiger partial charge on any atom is -0.324 e. The molecule has 2 fully saturated rings. The number of benzene rings is 1. The lowest BCUT2D eigenvalue weighted by molar-refractivity contribution is -0.117. The lowest BCUT2D eigenvalue weighted by Gasteiger charge is -2.20. The highest BCUT2D eigenvalue weighted by Gasteiger charge is 2.40. The van der Waals surface area contributed by atoms with E-state index in [4.69, 9.17) is 11.6 Å². The van der Waals surface area contributed by atoms with Crippen LogP contribution in [-0.2, 0) is 4.79 Å². The summed E-state index contributed by atoms with van der Waals surface area (Å²) in [4.78, 5) is 12.0. The van der Waals surface area contributed by atoms with Crippen LogP contribution < -0.4 is 5.32 Å². The molecule has 1 amide bonds. The number of carbonyl (C=O) groups excluding carboxylic acids is 1. The number of carbonyl (C=O) groups is 1. The maximum atomic E-state index is 13.6. The second kappa shape index (κ2) is 5.12. The Kier molecular flexibility index (Phi) is 3.48. The van der Waals surface area contributed by atoms with Crippen LogP contribution in [0.2, 0.25) is 5.02 Å². The van der Waals surface area contributed by atoms with E-state index in [9.17, 15) is 9.18 Å². The van der Waals surface area contributed by atoms with Gasteiger partial charge in [-0.15, -0.1) is 0 Å². The summed E-state index contributed by atoms with van der Waals surface area (Å²) in [5, 5.41) is 2.99.